The predicted octanol–water partition coefficient (Wildman–Crippen LogP) is 2.69. The average Bonchev–Trinajstić information content (AvgIpc) is 2.44. The summed E-state index contributed by atoms with van der Waals surface area (Å²) in [6.07, 6.45) is 5.45. The fourth-order valence-corrected chi connectivity index (χ4v) is 1.98. The SMILES string of the molecule is Cc1ccc(C(=N)N)c(OCCCc2ccncc2)c1. The van der Waals surface area contributed by atoms with Crippen LogP contribution in [0, 0.1) is 12.3 Å². The van der Waals surface area contributed by atoms with Crippen molar-refractivity contribution in [1.82, 2.24) is 4.98 Å². The van der Waals surface area contributed by atoms with Crippen LogP contribution in [-0.2, 0) is 6.42 Å². The zero-order valence-electron chi connectivity index (χ0n) is 11.6. The topological polar surface area (TPSA) is 72.0 Å². The first-order valence-corrected chi connectivity index (χ1v) is 6.63. The van der Waals surface area contributed by atoms with Crippen molar-refractivity contribution in [2.45, 2.75) is 19.8 Å². The molecule has 20 heavy (non-hydrogen) atoms. The Morgan fingerprint density at radius 1 is 1.25 bits per heavy atom. The van der Waals surface area contributed by atoms with Gasteiger partial charge in [0, 0.05) is 12.4 Å². The van der Waals surface area contributed by atoms with Crippen molar-refractivity contribution < 1.29 is 4.74 Å². The predicted molar refractivity (Wildman–Crippen MR) is 80.2 cm³/mol. The van der Waals surface area contributed by atoms with E-state index < -0.39 is 0 Å². The number of pyridine rings is 1. The lowest BCUT2D eigenvalue weighted by Gasteiger charge is -2.11. The Balaban J connectivity index is 1.91. The summed E-state index contributed by atoms with van der Waals surface area (Å²) in [7, 11) is 0. The third kappa shape index (κ3) is 3.82. The fourth-order valence-electron chi connectivity index (χ4n) is 1.98. The monoisotopic (exact) mass is 269 g/mol. The van der Waals surface area contributed by atoms with Crippen LogP contribution in [0.5, 0.6) is 5.75 Å². The molecule has 0 amide bonds. The van der Waals surface area contributed by atoms with E-state index in [1.54, 1.807) is 12.4 Å². The molecule has 1 aromatic carbocycles. The average molecular weight is 269 g/mol. The van der Waals surface area contributed by atoms with Crippen LogP contribution in [0.2, 0.25) is 0 Å². The van der Waals surface area contributed by atoms with Crippen molar-refractivity contribution in [2.24, 2.45) is 5.73 Å². The molecule has 0 aliphatic rings. The van der Waals surface area contributed by atoms with E-state index in [0.29, 0.717) is 17.9 Å². The number of nitrogens with one attached hydrogen (secondary N) is 1. The molecular formula is C16H19N3O. The van der Waals surface area contributed by atoms with Gasteiger partial charge in [0.15, 0.2) is 0 Å². The molecule has 104 valence electrons. The Kier molecular flexibility index (Phi) is 4.71. The molecule has 4 nitrogen and oxygen atoms in total. The summed E-state index contributed by atoms with van der Waals surface area (Å²) in [5, 5.41) is 7.55. The minimum atomic E-state index is 0.0362. The van der Waals surface area contributed by atoms with Crippen molar-refractivity contribution in [3.05, 3.63) is 59.4 Å². The van der Waals surface area contributed by atoms with Gasteiger partial charge in [-0.2, -0.15) is 0 Å². The first kappa shape index (κ1) is 14.1. The highest BCUT2D eigenvalue weighted by Gasteiger charge is 2.06. The minimum Gasteiger partial charge on any atom is -0.493 e. The summed E-state index contributed by atoms with van der Waals surface area (Å²) >= 11 is 0. The van der Waals surface area contributed by atoms with E-state index in [2.05, 4.69) is 4.98 Å². The number of nitrogens with zero attached hydrogens (tertiary/aromatic N) is 1. The van der Waals surface area contributed by atoms with E-state index in [1.165, 1.54) is 5.56 Å². The summed E-state index contributed by atoms with van der Waals surface area (Å²) in [4.78, 5) is 3.99. The van der Waals surface area contributed by atoms with Gasteiger partial charge in [0.1, 0.15) is 11.6 Å². The van der Waals surface area contributed by atoms with Gasteiger partial charge in [0.2, 0.25) is 0 Å². The Hall–Kier alpha value is -2.36. The first-order valence-electron chi connectivity index (χ1n) is 6.63. The molecule has 0 saturated heterocycles. The molecule has 0 bridgehead atoms. The number of ether oxygens (including phenoxy) is 1. The molecular weight excluding hydrogens is 250 g/mol. The highest BCUT2D eigenvalue weighted by atomic mass is 16.5. The summed E-state index contributed by atoms with van der Waals surface area (Å²) < 4.78 is 5.76. The van der Waals surface area contributed by atoms with Crippen LogP contribution >= 0.6 is 0 Å². The molecule has 1 aromatic heterocycles. The van der Waals surface area contributed by atoms with Crippen LogP contribution in [0.15, 0.2) is 42.7 Å². The summed E-state index contributed by atoms with van der Waals surface area (Å²) in [5.74, 6) is 0.723. The van der Waals surface area contributed by atoms with Gasteiger partial charge in [-0.15, -0.1) is 0 Å². The van der Waals surface area contributed by atoms with Crippen molar-refractivity contribution in [3.63, 3.8) is 0 Å². The first-order chi connectivity index (χ1) is 9.66. The number of amidine groups is 1. The second-order valence-corrected chi connectivity index (χ2v) is 4.72. The molecule has 3 N–H and O–H groups in total. The van der Waals surface area contributed by atoms with Gasteiger partial charge in [-0.3, -0.25) is 10.4 Å². The summed E-state index contributed by atoms with van der Waals surface area (Å²) in [6, 6.07) is 9.70. The number of aromatic nitrogens is 1. The molecule has 0 radical (unpaired) electrons. The molecule has 0 atom stereocenters. The largest absolute Gasteiger partial charge is 0.493 e. The van der Waals surface area contributed by atoms with Gasteiger partial charge in [0.25, 0.3) is 0 Å². The highest BCUT2D eigenvalue weighted by Crippen LogP contribution is 2.20. The van der Waals surface area contributed by atoms with E-state index >= 15 is 0 Å². The third-order valence-electron chi connectivity index (χ3n) is 3.04. The van der Waals surface area contributed by atoms with E-state index in [1.807, 2.05) is 37.3 Å². The Morgan fingerprint density at radius 2 is 2.00 bits per heavy atom. The van der Waals surface area contributed by atoms with Gasteiger partial charge in [-0.05, 0) is 55.2 Å². The number of hydrogen-bond acceptors (Lipinski definition) is 3. The maximum Gasteiger partial charge on any atom is 0.130 e. The normalized spacial score (nSPS) is 10.2. The van der Waals surface area contributed by atoms with Crippen LogP contribution < -0.4 is 10.5 Å². The van der Waals surface area contributed by atoms with E-state index in [4.69, 9.17) is 15.9 Å². The van der Waals surface area contributed by atoms with Gasteiger partial charge < -0.3 is 10.5 Å². The Bertz CT molecular complexity index is 582. The highest BCUT2D eigenvalue weighted by molar-refractivity contribution is 5.97. The number of benzene rings is 1. The van der Waals surface area contributed by atoms with Gasteiger partial charge in [-0.1, -0.05) is 6.07 Å². The van der Waals surface area contributed by atoms with E-state index in [9.17, 15) is 0 Å². The molecule has 0 unspecified atom stereocenters. The molecule has 0 aliphatic heterocycles. The Labute approximate surface area is 119 Å². The van der Waals surface area contributed by atoms with Gasteiger partial charge >= 0.3 is 0 Å². The summed E-state index contributed by atoms with van der Waals surface area (Å²) in [6.45, 7) is 2.60. The number of rotatable bonds is 6. The quantitative estimate of drug-likeness (QED) is 0.481. The smallest absolute Gasteiger partial charge is 0.130 e. The lowest BCUT2D eigenvalue weighted by molar-refractivity contribution is 0.310. The molecule has 2 rings (SSSR count). The third-order valence-corrected chi connectivity index (χ3v) is 3.04. The van der Waals surface area contributed by atoms with Gasteiger partial charge in [0.05, 0.1) is 12.2 Å². The summed E-state index contributed by atoms with van der Waals surface area (Å²) in [5.41, 5.74) is 8.55. The lowest BCUT2D eigenvalue weighted by Crippen LogP contribution is -2.13. The second-order valence-electron chi connectivity index (χ2n) is 4.72. The molecule has 0 saturated carbocycles. The van der Waals surface area contributed by atoms with Crippen molar-refractivity contribution in [3.8, 4) is 5.75 Å². The number of nitrogen functional groups attached to an aromatic ring is 1. The van der Waals surface area contributed by atoms with Crippen LogP contribution in [0.1, 0.15) is 23.1 Å². The van der Waals surface area contributed by atoms with Gasteiger partial charge in [-0.25, -0.2) is 0 Å². The zero-order chi connectivity index (χ0) is 14.4. The molecule has 0 spiro atoms. The van der Waals surface area contributed by atoms with Crippen molar-refractivity contribution >= 4 is 5.84 Å². The van der Waals surface area contributed by atoms with Crippen LogP contribution in [0.3, 0.4) is 0 Å². The molecule has 0 aliphatic carbocycles. The van der Waals surface area contributed by atoms with Crippen LogP contribution in [0.25, 0.3) is 0 Å². The van der Waals surface area contributed by atoms with Crippen LogP contribution in [-0.4, -0.2) is 17.4 Å². The second kappa shape index (κ2) is 6.70. The molecule has 4 heteroatoms. The zero-order valence-corrected chi connectivity index (χ0v) is 11.6. The number of aryl methyl sites for hydroxylation is 2. The molecule has 1 heterocycles. The molecule has 0 fully saturated rings. The molecule has 2 aromatic rings. The standard InChI is InChI=1S/C16H19N3O/c1-12-4-5-14(16(17)18)15(11-12)20-10-2-3-13-6-8-19-9-7-13/h4-9,11H,2-3,10H2,1H3,(H3,17,18). The van der Waals surface area contributed by atoms with Crippen molar-refractivity contribution in [1.29, 1.82) is 5.41 Å². The Morgan fingerprint density at radius 3 is 2.70 bits per heavy atom. The maximum atomic E-state index is 7.55. The lowest BCUT2D eigenvalue weighted by atomic mass is 10.1. The number of hydrogen-bond donors (Lipinski definition) is 2. The van der Waals surface area contributed by atoms with Crippen LogP contribution in [0.4, 0.5) is 0 Å². The maximum absolute atomic E-state index is 7.55. The number of nitrogens with two attached hydrogens (primary N) is 1. The van der Waals surface area contributed by atoms with Crippen molar-refractivity contribution in [2.75, 3.05) is 6.61 Å². The fraction of sp³-hybridized carbons (Fsp3) is 0.250. The van der Waals surface area contributed by atoms with E-state index in [-0.39, 0.29) is 5.84 Å². The van der Waals surface area contributed by atoms with E-state index in [0.717, 1.165) is 18.4 Å². The minimum absolute atomic E-state index is 0.0362.